The van der Waals surface area contributed by atoms with Crippen LogP contribution in [0.15, 0.2) is 0 Å². The number of carboxylic acid groups (broad SMARTS) is 1. The predicted molar refractivity (Wildman–Crippen MR) is 45.7 cm³/mol. The molecule has 1 heterocycles. The van der Waals surface area contributed by atoms with Crippen LogP contribution in [0, 0.1) is 5.92 Å². The van der Waals surface area contributed by atoms with E-state index in [9.17, 15) is 0 Å². The lowest BCUT2D eigenvalue weighted by atomic mass is 10.2. The molecule has 2 unspecified atom stereocenters. The molecule has 0 spiro atoms. The van der Waals surface area contributed by atoms with Crippen LogP contribution in [0.2, 0.25) is 0 Å². The molecule has 0 aromatic rings. The molecule has 0 amide bonds. The van der Waals surface area contributed by atoms with Gasteiger partial charge in [-0.1, -0.05) is 6.92 Å². The summed E-state index contributed by atoms with van der Waals surface area (Å²) in [6, 6.07) is 0. The first-order valence-corrected chi connectivity index (χ1v) is 4.57. The van der Waals surface area contributed by atoms with Crippen molar-refractivity contribution in [1.29, 1.82) is 0 Å². The van der Waals surface area contributed by atoms with Crippen LogP contribution < -0.4 is 10.0 Å². The minimum absolute atomic E-state index is 0.972. The lowest BCUT2D eigenvalue weighted by molar-refractivity contribution is -0.886. The highest BCUT2D eigenvalue weighted by Gasteiger charge is 2.19. The zero-order chi connectivity index (χ0) is 9.56. The molecule has 2 atom stereocenters. The molecule has 0 aromatic heterocycles. The first-order chi connectivity index (χ1) is 5.56. The van der Waals surface area contributed by atoms with Gasteiger partial charge in [0.15, 0.2) is 0 Å². The summed E-state index contributed by atoms with van der Waals surface area (Å²) in [5.74, 6) is -0.0926. The highest BCUT2D eigenvalue weighted by molar-refractivity contribution is 5.60. The second-order valence-corrected chi connectivity index (χ2v) is 3.44. The topological polar surface area (TPSA) is 44.6 Å². The number of hydrogen-bond donors (Lipinski definition) is 1. The molecule has 0 radical (unpaired) electrons. The molecule has 1 N–H and O–H groups in total. The quantitative estimate of drug-likeness (QED) is 0.535. The van der Waals surface area contributed by atoms with Crippen molar-refractivity contribution in [2.24, 2.45) is 5.92 Å². The second-order valence-electron chi connectivity index (χ2n) is 3.44. The summed E-state index contributed by atoms with van der Waals surface area (Å²) < 4.78 is 0. The number of quaternary nitrogens is 1. The van der Waals surface area contributed by atoms with E-state index in [2.05, 4.69) is 13.8 Å². The zero-order valence-electron chi connectivity index (χ0n) is 8.22. The third kappa shape index (κ3) is 6.16. The van der Waals surface area contributed by atoms with E-state index in [-0.39, 0.29) is 0 Å². The van der Waals surface area contributed by atoms with Gasteiger partial charge >= 0.3 is 0 Å². The van der Waals surface area contributed by atoms with Gasteiger partial charge in [0.25, 0.3) is 0 Å². The SMILES string of the molecule is CC(=O)[O-].CC[NH+]1CCC(C)C1. The minimum atomic E-state index is -1.08. The van der Waals surface area contributed by atoms with E-state index < -0.39 is 5.97 Å². The van der Waals surface area contributed by atoms with Crippen molar-refractivity contribution >= 4 is 5.97 Å². The Kier molecular flexibility index (Phi) is 5.72. The van der Waals surface area contributed by atoms with E-state index in [1.165, 1.54) is 26.1 Å². The number of carbonyl (C=O) groups excluding carboxylic acids is 1. The van der Waals surface area contributed by atoms with Crippen molar-refractivity contribution in [3.8, 4) is 0 Å². The largest absolute Gasteiger partial charge is 0.550 e. The molecule has 3 heteroatoms. The summed E-state index contributed by atoms with van der Waals surface area (Å²) in [6.45, 7) is 9.74. The Hall–Kier alpha value is -0.570. The van der Waals surface area contributed by atoms with Crippen LogP contribution in [0.3, 0.4) is 0 Å². The lowest BCUT2D eigenvalue weighted by Gasteiger charge is -2.07. The molecule has 3 nitrogen and oxygen atoms in total. The minimum Gasteiger partial charge on any atom is -0.550 e. The Labute approximate surface area is 74.4 Å². The van der Waals surface area contributed by atoms with Crippen molar-refractivity contribution in [1.82, 2.24) is 0 Å². The zero-order valence-corrected chi connectivity index (χ0v) is 8.22. The van der Waals surface area contributed by atoms with E-state index in [0.717, 1.165) is 12.8 Å². The first kappa shape index (κ1) is 11.4. The summed E-state index contributed by atoms with van der Waals surface area (Å²) in [4.78, 5) is 10.7. The molecule has 1 saturated heterocycles. The van der Waals surface area contributed by atoms with Crippen LogP contribution in [-0.2, 0) is 4.79 Å². The van der Waals surface area contributed by atoms with Gasteiger partial charge in [-0.25, -0.2) is 0 Å². The average molecular weight is 173 g/mol. The smallest absolute Gasteiger partial charge is 0.0798 e. The third-order valence-corrected chi connectivity index (χ3v) is 2.13. The van der Waals surface area contributed by atoms with Crippen LogP contribution in [0.4, 0.5) is 0 Å². The molecule has 1 rings (SSSR count). The van der Waals surface area contributed by atoms with E-state index in [1.54, 1.807) is 4.90 Å². The molecule has 1 aliphatic heterocycles. The van der Waals surface area contributed by atoms with Crippen LogP contribution in [-0.4, -0.2) is 25.6 Å². The van der Waals surface area contributed by atoms with Gasteiger partial charge in [-0.15, -0.1) is 0 Å². The monoisotopic (exact) mass is 173 g/mol. The summed E-state index contributed by atoms with van der Waals surface area (Å²) in [6.07, 6.45) is 1.45. The van der Waals surface area contributed by atoms with Gasteiger partial charge in [-0.3, -0.25) is 0 Å². The maximum atomic E-state index is 8.89. The number of aliphatic carboxylic acids is 1. The van der Waals surface area contributed by atoms with Crippen molar-refractivity contribution < 1.29 is 14.8 Å². The maximum Gasteiger partial charge on any atom is 0.0798 e. The Balaban J connectivity index is 0.000000261. The molecule has 1 fully saturated rings. The normalized spacial score (nSPS) is 27.6. The molecule has 0 saturated carbocycles. The second kappa shape index (κ2) is 6.00. The van der Waals surface area contributed by atoms with Gasteiger partial charge in [-0.2, -0.15) is 0 Å². The lowest BCUT2D eigenvalue weighted by Crippen LogP contribution is -3.09. The number of likely N-dealkylation sites (tertiary alicyclic amines) is 1. The number of nitrogens with one attached hydrogen (secondary N) is 1. The Morgan fingerprint density at radius 1 is 1.67 bits per heavy atom. The fourth-order valence-corrected chi connectivity index (χ4v) is 1.47. The van der Waals surface area contributed by atoms with E-state index in [0.29, 0.717) is 0 Å². The van der Waals surface area contributed by atoms with E-state index in [4.69, 9.17) is 9.90 Å². The fraction of sp³-hybridized carbons (Fsp3) is 0.889. The summed E-state index contributed by atoms with van der Waals surface area (Å²) in [7, 11) is 0. The van der Waals surface area contributed by atoms with E-state index in [1.807, 2.05) is 0 Å². The van der Waals surface area contributed by atoms with Gasteiger partial charge in [0, 0.05) is 18.3 Å². The van der Waals surface area contributed by atoms with Crippen LogP contribution in [0.5, 0.6) is 0 Å². The van der Waals surface area contributed by atoms with Crippen LogP contribution >= 0.6 is 0 Å². The standard InChI is InChI=1S/C7H15N.C2H4O2/c1-3-8-5-4-7(2)6-8;1-2(3)4/h7H,3-6H2,1-2H3;1H3,(H,3,4). The molecular formula is C9H19NO2. The Morgan fingerprint density at radius 2 is 2.17 bits per heavy atom. The van der Waals surface area contributed by atoms with Gasteiger partial charge in [-0.05, 0) is 13.8 Å². The van der Waals surface area contributed by atoms with Crippen molar-refractivity contribution in [3.05, 3.63) is 0 Å². The first-order valence-electron chi connectivity index (χ1n) is 4.57. The highest BCUT2D eigenvalue weighted by Crippen LogP contribution is 1.99. The highest BCUT2D eigenvalue weighted by atomic mass is 16.4. The fourth-order valence-electron chi connectivity index (χ4n) is 1.47. The number of hydrogen-bond acceptors (Lipinski definition) is 2. The Bertz CT molecular complexity index is 132. The van der Waals surface area contributed by atoms with Gasteiger partial charge in [0.1, 0.15) is 0 Å². The third-order valence-electron chi connectivity index (χ3n) is 2.13. The Morgan fingerprint density at radius 3 is 2.33 bits per heavy atom. The molecular weight excluding hydrogens is 154 g/mol. The number of carbonyl (C=O) groups is 1. The molecule has 72 valence electrons. The maximum absolute atomic E-state index is 8.89. The summed E-state index contributed by atoms with van der Waals surface area (Å²) >= 11 is 0. The van der Waals surface area contributed by atoms with Crippen molar-refractivity contribution in [3.63, 3.8) is 0 Å². The molecule has 0 bridgehead atoms. The van der Waals surface area contributed by atoms with Crippen molar-refractivity contribution in [2.45, 2.75) is 27.2 Å². The van der Waals surface area contributed by atoms with Crippen LogP contribution in [0.25, 0.3) is 0 Å². The van der Waals surface area contributed by atoms with Gasteiger partial charge in [0.2, 0.25) is 0 Å². The molecule has 12 heavy (non-hydrogen) atoms. The van der Waals surface area contributed by atoms with E-state index >= 15 is 0 Å². The van der Waals surface area contributed by atoms with Crippen LogP contribution in [0.1, 0.15) is 27.2 Å². The van der Waals surface area contributed by atoms with Crippen molar-refractivity contribution in [2.75, 3.05) is 19.6 Å². The summed E-state index contributed by atoms with van der Waals surface area (Å²) in [5.41, 5.74) is 0. The molecule has 0 aliphatic carbocycles. The van der Waals surface area contributed by atoms with Gasteiger partial charge < -0.3 is 14.8 Å². The predicted octanol–water partition coefficient (Wildman–Crippen LogP) is -1.31. The molecule has 1 aliphatic rings. The van der Waals surface area contributed by atoms with Gasteiger partial charge in [0.05, 0.1) is 19.6 Å². The number of carboxylic acids is 1. The molecule has 0 aromatic carbocycles. The average Bonchev–Trinajstić information content (AvgIpc) is 2.34. The number of rotatable bonds is 1. The summed E-state index contributed by atoms with van der Waals surface area (Å²) in [5, 5.41) is 8.89.